The van der Waals surface area contributed by atoms with E-state index in [2.05, 4.69) is 23.5 Å². The lowest BCUT2D eigenvalue weighted by molar-refractivity contribution is -0.143. The summed E-state index contributed by atoms with van der Waals surface area (Å²) in [6, 6.07) is 1.67. The second kappa shape index (κ2) is 10.1. The number of alkyl halides is 6. The number of hydrogen-bond acceptors (Lipinski definition) is 2. The molecule has 34 heavy (non-hydrogen) atoms. The van der Waals surface area contributed by atoms with Crippen molar-refractivity contribution in [3.63, 3.8) is 0 Å². The molecule has 2 aliphatic rings. The van der Waals surface area contributed by atoms with Crippen LogP contribution in [0.2, 0.25) is 0 Å². The van der Waals surface area contributed by atoms with Gasteiger partial charge in [0.25, 0.3) is 0 Å². The molecule has 1 N–H and O–H groups in total. The van der Waals surface area contributed by atoms with Crippen molar-refractivity contribution in [3.05, 3.63) is 58.7 Å². The Kier molecular flexibility index (Phi) is 7.85. The minimum Gasteiger partial charge on any atom is -0.349 e. The van der Waals surface area contributed by atoms with Gasteiger partial charge in [0.15, 0.2) is 0 Å². The van der Waals surface area contributed by atoms with E-state index in [-0.39, 0.29) is 47.9 Å². The third-order valence-electron chi connectivity index (χ3n) is 6.48. The van der Waals surface area contributed by atoms with Gasteiger partial charge in [0.1, 0.15) is 0 Å². The largest absolute Gasteiger partial charge is 0.416 e. The third kappa shape index (κ3) is 6.64. The minimum absolute atomic E-state index is 0.00247. The van der Waals surface area contributed by atoms with Crippen LogP contribution in [0.4, 0.5) is 26.3 Å². The van der Waals surface area contributed by atoms with E-state index in [4.69, 9.17) is 0 Å². The van der Waals surface area contributed by atoms with Gasteiger partial charge < -0.3 is 5.32 Å². The average Bonchev–Trinajstić information content (AvgIpc) is 2.74. The molecule has 1 aromatic rings. The van der Waals surface area contributed by atoms with Crippen LogP contribution in [0.5, 0.6) is 0 Å². The molecule has 9 heteroatoms. The van der Waals surface area contributed by atoms with Crippen molar-refractivity contribution in [2.45, 2.75) is 58.6 Å². The second-order valence-electron chi connectivity index (χ2n) is 9.54. The van der Waals surface area contributed by atoms with Crippen molar-refractivity contribution in [1.82, 2.24) is 10.2 Å². The van der Waals surface area contributed by atoms with Gasteiger partial charge in [-0.15, -0.1) is 0 Å². The Hall–Kier alpha value is -2.29. The van der Waals surface area contributed by atoms with Crippen LogP contribution in [-0.2, 0) is 23.7 Å². The van der Waals surface area contributed by atoms with Crippen LogP contribution in [0, 0.1) is 17.8 Å². The first kappa shape index (κ1) is 26.3. The van der Waals surface area contributed by atoms with E-state index in [0.29, 0.717) is 13.1 Å². The molecule has 1 saturated heterocycles. The summed E-state index contributed by atoms with van der Waals surface area (Å²) in [5, 5.41) is 3.05. The second-order valence-corrected chi connectivity index (χ2v) is 9.54. The highest BCUT2D eigenvalue weighted by Crippen LogP contribution is 2.37. The summed E-state index contributed by atoms with van der Waals surface area (Å²) in [6.45, 7) is 6.85. The zero-order valence-electron chi connectivity index (χ0n) is 19.4. The molecule has 0 bridgehead atoms. The summed E-state index contributed by atoms with van der Waals surface area (Å²) in [5.74, 6) is 0.254. The van der Waals surface area contributed by atoms with Crippen molar-refractivity contribution < 1.29 is 31.1 Å². The average molecular weight is 489 g/mol. The molecule has 2 unspecified atom stereocenters. The fourth-order valence-corrected chi connectivity index (χ4v) is 4.37. The Morgan fingerprint density at radius 1 is 1.03 bits per heavy atom. The van der Waals surface area contributed by atoms with E-state index < -0.39 is 23.5 Å². The van der Waals surface area contributed by atoms with E-state index in [9.17, 15) is 31.1 Å². The highest BCUT2D eigenvalue weighted by molar-refractivity contribution is 5.78. The van der Waals surface area contributed by atoms with Gasteiger partial charge in [-0.1, -0.05) is 39.0 Å². The van der Waals surface area contributed by atoms with Crippen LogP contribution < -0.4 is 5.32 Å². The molecule has 0 spiro atoms. The molecule has 3 nitrogen and oxygen atoms in total. The number of benzene rings is 1. The van der Waals surface area contributed by atoms with E-state index in [0.717, 1.165) is 30.5 Å². The number of carbonyl (C=O) groups is 1. The Balaban J connectivity index is 1.66. The number of nitrogens with one attached hydrogen (secondary N) is 1. The quantitative estimate of drug-likeness (QED) is 0.500. The molecular weight excluding hydrogens is 458 g/mol. The number of rotatable bonds is 5. The van der Waals surface area contributed by atoms with Gasteiger partial charge in [-0.25, -0.2) is 0 Å². The maximum Gasteiger partial charge on any atom is 0.416 e. The topological polar surface area (TPSA) is 32.3 Å². The Labute approximate surface area is 195 Å². The molecule has 1 heterocycles. The Bertz CT molecular complexity index is 907. The normalized spacial score (nSPS) is 22.7. The molecule has 1 fully saturated rings. The number of amides is 1. The summed E-state index contributed by atoms with van der Waals surface area (Å²) >= 11 is 0. The lowest BCUT2D eigenvalue weighted by atomic mass is 9.82. The van der Waals surface area contributed by atoms with E-state index in [1.807, 2.05) is 25.7 Å². The van der Waals surface area contributed by atoms with Gasteiger partial charge in [0.2, 0.25) is 5.91 Å². The first-order valence-corrected chi connectivity index (χ1v) is 11.4. The number of carbonyl (C=O) groups excluding carboxylic acids is 1. The van der Waals surface area contributed by atoms with Gasteiger partial charge in [-0.05, 0) is 67.1 Å². The van der Waals surface area contributed by atoms with Gasteiger partial charge in [0.05, 0.1) is 17.2 Å². The fourth-order valence-electron chi connectivity index (χ4n) is 4.37. The molecule has 1 amide bonds. The zero-order chi connectivity index (χ0) is 25.3. The van der Waals surface area contributed by atoms with Crippen LogP contribution in [0.15, 0.2) is 42.0 Å². The van der Waals surface area contributed by atoms with Crippen molar-refractivity contribution in [2.75, 3.05) is 13.1 Å². The van der Waals surface area contributed by atoms with E-state index in [1.165, 1.54) is 0 Å². The maximum atomic E-state index is 13.1. The Morgan fingerprint density at radius 2 is 1.59 bits per heavy atom. The Morgan fingerprint density at radius 3 is 2.09 bits per heavy atom. The van der Waals surface area contributed by atoms with Gasteiger partial charge in [-0.2, -0.15) is 26.3 Å². The maximum absolute atomic E-state index is 13.1. The fraction of sp³-hybridized carbons (Fsp3) is 0.560. The highest BCUT2D eigenvalue weighted by Gasteiger charge is 2.37. The van der Waals surface area contributed by atoms with Crippen LogP contribution in [0.1, 0.15) is 50.3 Å². The number of hydrogen-bond donors (Lipinski definition) is 1. The standard InChI is InChI=1S/C25H30F6N2O/c1-15(2)23(34)32-22-12-19(5-4-16(22)3)18-6-8-33(9-7-18)14-17-10-20(24(26,27)28)13-21(11-17)25(29,30)31/h4-5,10-13,15-16,18,22H,6-9,14H2,1-3H3,(H,32,34). The van der Waals surface area contributed by atoms with Crippen LogP contribution >= 0.6 is 0 Å². The summed E-state index contributed by atoms with van der Waals surface area (Å²) in [7, 11) is 0. The predicted octanol–water partition coefficient (Wildman–Crippen LogP) is 6.21. The van der Waals surface area contributed by atoms with Gasteiger partial charge in [-0.3, -0.25) is 9.69 Å². The molecule has 0 saturated carbocycles. The van der Waals surface area contributed by atoms with E-state index >= 15 is 0 Å². The van der Waals surface area contributed by atoms with Crippen molar-refractivity contribution in [1.29, 1.82) is 0 Å². The first-order valence-electron chi connectivity index (χ1n) is 11.4. The predicted molar refractivity (Wildman–Crippen MR) is 118 cm³/mol. The smallest absolute Gasteiger partial charge is 0.349 e. The number of allylic oxidation sites excluding steroid dienone is 2. The molecule has 1 aliphatic heterocycles. The number of piperidine rings is 1. The number of likely N-dealkylation sites (tertiary alicyclic amines) is 1. The summed E-state index contributed by atoms with van der Waals surface area (Å²) in [4.78, 5) is 14.0. The third-order valence-corrected chi connectivity index (χ3v) is 6.48. The van der Waals surface area contributed by atoms with Crippen molar-refractivity contribution in [3.8, 4) is 0 Å². The van der Waals surface area contributed by atoms with Crippen molar-refractivity contribution in [2.24, 2.45) is 17.8 Å². The van der Waals surface area contributed by atoms with E-state index in [1.54, 1.807) is 0 Å². The summed E-state index contributed by atoms with van der Waals surface area (Å²) in [5.41, 5.74) is -1.45. The van der Waals surface area contributed by atoms with Crippen molar-refractivity contribution >= 4 is 5.91 Å². The minimum atomic E-state index is -4.85. The monoisotopic (exact) mass is 488 g/mol. The SMILES string of the molecule is CC(C)C(=O)NC1C=C(C2CCN(Cc3cc(C(F)(F)F)cc(C(F)(F)F)c3)CC2)C=CC1C. The number of nitrogens with zero attached hydrogens (tertiary/aromatic N) is 1. The van der Waals surface area contributed by atoms with Crippen LogP contribution in [-0.4, -0.2) is 29.9 Å². The summed E-state index contributed by atoms with van der Waals surface area (Å²) in [6.07, 6.45) is -2.02. The van der Waals surface area contributed by atoms with Gasteiger partial charge in [0, 0.05) is 12.5 Å². The molecule has 2 atom stereocenters. The lowest BCUT2D eigenvalue weighted by Crippen LogP contribution is -2.41. The van der Waals surface area contributed by atoms with Gasteiger partial charge >= 0.3 is 12.4 Å². The zero-order valence-corrected chi connectivity index (χ0v) is 19.4. The number of halogens is 6. The summed E-state index contributed by atoms with van der Waals surface area (Å²) < 4.78 is 78.8. The lowest BCUT2D eigenvalue weighted by Gasteiger charge is -2.35. The van der Waals surface area contributed by atoms with Crippen LogP contribution in [0.3, 0.4) is 0 Å². The molecule has 1 aromatic carbocycles. The molecule has 188 valence electrons. The molecular formula is C25H30F6N2O. The molecule has 3 rings (SSSR count). The molecule has 0 aromatic heterocycles. The first-order chi connectivity index (χ1) is 15.7. The highest BCUT2D eigenvalue weighted by atomic mass is 19.4. The molecule has 1 aliphatic carbocycles. The molecule has 0 radical (unpaired) electrons. The van der Waals surface area contributed by atoms with Crippen LogP contribution in [0.25, 0.3) is 0 Å².